The molecule has 1 aliphatic heterocycles. The third-order valence-electron chi connectivity index (χ3n) is 2.94. The van der Waals surface area contributed by atoms with E-state index in [9.17, 15) is 0 Å². The van der Waals surface area contributed by atoms with Crippen LogP contribution in [0.25, 0.3) is 0 Å². The summed E-state index contributed by atoms with van der Waals surface area (Å²) in [4.78, 5) is 2.09. The van der Waals surface area contributed by atoms with Gasteiger partial charge in [-0.3, -0.25) is 0 Å². The van der Waals surface area contributed by atoms with Gasteiger partial charge in [0.2, 0.25) is 0 Å². The van der Waals surface area contributed by atoms with Gasteiger partial charge in [0.25, 0.3) is 5.17 Å². The Bertz CT molecular complexity index is 336. The number of nitrogens with zero attached hydrogens (tertiary/aromatic N) is 1. The van der Waals surface area contributed by atoms with Crippen molar-refractivity contribution < 1.29 is 9.47 Å². The van der Waals surface area contributed by atoms with Crippen LogP contribution in [0.3, 0.4) is 0 Å². The van der Waals surface area contributed by atoms with Gasteiger partial charge in [-0.1, -0.05) is 11.6 Å². The lowest BCUT2D eigenvalue weighted by atomic mass is 10.1. The predicted octanol–water partition coefficient (Wildman–Crippen LogP) is 2.46. The molecular formula is C12H16ClNO2S. The highest BCUT2D eigenvalue weighted by molar-refractivity contribution is 7.80. The predicted molar refractivity (Wildman–Crippen MR) is 72.2 cm³/mol. The van der Waals surface area contributed by atoms with Gasteiger partial charge in [0, 0.05) is 20.2 Å². The summed E-state index contributed by atoms with van der Waals surface area (Å²) < 4.78 is 10.8. The van der Waals surface area contributed by atoms with Crippen molar-refractivity contribution in [3.05, 3.63) is 24.3 Å². The standard InChI is InChI=1S/C12H16ClNO2S/c1-15-12(13)6-4-10(5-7-12)16-11(17)14-8-2-3-9-14/h4-7,10H,2-3,8-9H2,1H3. The third-order valence-corrected chi connectivity index (χ3v) is 3.70. The van der Waals surface area contributed by atoms with E-state index in [0.717, 1.165) is 13.1 Å². The summed E-state index contributed by atoms with van der Waals surface area (Å²) in [5.74, 6) is 0. The zero-order valence-corrected chi connectivity index (χ0v) is 11.3. The van der Waals surface area contributed by atoms with Crippen molar-refractivity contribution in [2.45, 2.75) is 24.0 Å². The number of hydrogen-bond acceptors (Lipinski definition) is 3. The fraction of sp³-hybridized carbons (Fsp3) is 0.583. The zero-order valence-electron chi connectivity index (χ0n) is 9.77. The van der Waals surface area contributed by atoms with Crippen LogP contribution in [0.1, 0.15) is 12.8 Å². The average molecular weight is 274 g/mol. The third kappa shape index (κ3) is 3.21. The zero-order chi connectivity index (χ0) is 12.3. The van der Waals surface area contributed by atoms with Crippen molar-refractivity contribution in [2.24, 2.45) is 0 Å². The first-order chi connectivity index (χ1) is 8.13. The molecule has 0 aromatic rings. The number of rotatable bonds is 2. The number of halogens is 1. The molecule has 0 saturated carbocycles. The summed E-state index contributed by atoms with van der Waals surface area (Å²) in [5, 5.41) is -0.268. The van der Waals surface area contributed by atoms with E-state index in [-0.39, 0.29) is 6.10 Å². The number of likely N-dealkylation sites (tertiary alicyclic amines) is 1. The van der Waals surface area contributed by atoms with Crippen molar-refractivity contribution in [1.29, 1.82) is 0 Å². The Labute approximate surface area is 112 Å². The lowest BCUT2D eigenvalue weighted by molar-refractivity contribution is 0.137. The first-order valence-electron chi connectivity index (χ1n) is 5.71. The lowest BCUT2D eigenvalue weighted by Crippen LogP contribution is -2.32. The average Bonchev–Trinajstić information content (AvgIpc) is 2.86. The summed E-state index contributed by atoms with van der Waals surface area (Å²) in [7, 11) is 1.57. The molecule has 0 spiro atoms. The van der Waals surface area contributed by atoms with Gasteiger partial charge in [0.15, 0.2) is 5.06 Å². The van der Waals surface area contributed by atoms with Crippen LogP contribution in [0.4, 0.5) is 0 Å². The van der Waals surface area contributed by atoms with Gasteiger partial charge < -0.3 is 14.4 Å². The normalized spacial score (nSPS) is 31.9. The van der Waals surface area contributed by atoms with Gasteiger partial charge in [-0.15, -0.1) is 0 Å². The van der Waals surface area contributed by atoms with Gasteiger partial charge in [-0.2, -0.15) is 0 Å². The van der Waals surface area contributed by atoms with E-state index in [1.807, 2.05) is 12.2 Å². The molecule has 0 bridgehead atoms. The molecule has 2 rings (SSSR count). The molecule has 94 valence electrons. The van der Waals surface area contributed by atoms with E-state index in [1.165, 1.54) is 12.8 Å². The van der Waals surface area contributed by atoms with Crippen molar-refractivity contribution >= 4 is 29.0 Å². The fourth-order valence-electron chi connectivity index (χ4n) is 1.88. The first kappa shape index (κ1) is 12.9. The van der Waals surface area contributed by atoms with Crippen LogP contribution in [-0.4, -0.2) is 41.4 Å². The number of thiocarbonyl (C=S) groups is 1. The molecule has 1 aliphatic carbocycles. The summed E-state index contributed by atoms with van der Waals surface area (Å²) in [6, 6.07) is 0. The molecule has 0 aromatic carbocycles. The topological polar surface area (TPSA) is 21.7 Å². The largest absolute Gasteiger partial charge is 0.459 e. The minimum absolute atomic E-state index is 0.148. The van der Waals surface area contributed by atoms with Crippen LogP contribution in [0.2, 0.25) is 0 Å². The molecule has 5 heteroatoms. The Kier molecular flexibility index (Phi) is 4.07. The van der Waals surface area contributed by atoms with Gasteiger partial charge >= 0.3 is 0 Å². The van der Waals surface area contributed by atoms with E-state index in [0.29, 0.717) is 5.17 Å². The van der Waals surface area contributed by atoms with Crippen molar-refractivity contribution in [3.8, 4) is 0 Å². The molecule has 0 atom stereocenters. The maximum atomic E-state index is 6.09. The SMILES string of the molecule is COC1(Cl)C=CC(OC(=S)N2CCCC2)C=C1. The van der Waals surface area contributed by atoms with Crippen LogP contribution in [0.15, 0.2) is 24.3 Å². The highest BCUT2D eigenvalue weighted by atomic mass is 35.5. The molecule has 0 radical (unpaired) electrons. The lowest BCUT2D eigenvalue weighted by Gasteiger charge is -2.26. The van der Waals surface area contributed by atoms with Crippen molar-refractivity contribution in [2.75, 3.05) is 20.2 Å². The molecule has 3 nitrogen and oxygen atoms in total. The monoisotopic (exact) mass is 273 g/mol. The first-order valence-corrected chi connectivity index (χ1v) is 6.50. The number of methoxy groups -OCH3 is 1. The van der Waals surface area contributed by atoms with Crippen molar-refractivity contribution in [1.82, 2.24) is 4.90 Å². The molecule has 0 amide bonds. The second-order valence-corrected chi connectivity index (χ2v) is 5.10. The highest BCUT2D eigenvalue weighted by Crippen LogP contribution is 2.25. The van der Waals surface area contributed by atoms with Gasteiger partial charge in [-0.25, -0.2) is 0 Å². The Balaban J connectivity index is 1.87. The number of hydrogen-bond donors (Lipinski definition) is 0. The molecular weight excluding hydrogens is 258 g/mol. The second-order valence-electron chi connectivity index (χ2n) is 4.16. The molecule has 1 fully saturated rings. The van der Waals surface area contributed by atoms with E-state index in [1.54, 1.807) is 19.3 Å². The van der Waals surface area contributed by atoms with E-state index in [4.69, 9.17) is 33.3 Å². The van der Waals surface area contributed by atoms with Gasteiger partial charge in [0.05, 0.1) is 0 Å². The molecule has 2 aliphatic rings. The summed E-state index contributed by atoms with van der Waals surface area (Å²) in [5.41, 5.74) is 0. The Morgan fingerprint density at radius 2 is 1.94 bits per heavy atom. The maximum Gasteiger partial charge on any atom is 0.260 e. The quantitative estimate of drug-likeness (QED) is 0.438. The molecule has 1 heterocycles. The number of alkyl halides is 1. The van der Waals surface area contributed by atoms with Gasteiger partial charge in [0.1, 0.15) is 6.10 Å². The Morgan fingerprint density at radius 1 is 1.35 bits per heavy atom. The van der Waals surface area contributed by atoms with Crippen LogP contribution in [0, 0.1) is 0 Å². The highest BCUT2D eigenvalue weighted by Gasteiger charge is 2.25. The van der Waals surface area contributed by atoms with Crippen LogP contribution >= 0.6 is 23.8 Å². The van der Waals surface area contributed by atoms with E-state index < -0.39 is 5.06 Å². The fourth-order valence-corrected chi connectivity index (χ4v) is 2.32. The van der Waals surface area contributed by atoms with Crippen LogP contribution in [-0.2, 0) is 9.47 Å². The smallest absolute Gasteiger partial charge is 0.260 e. The Morgan fingerprint density at radius 3 is 2.47 bits per heavy atom. The minimum atomic E-state index is -0.838. The van der Waals surface area contributed by atoms with Gasteiger partial charge in [-0.05, 0) is 49.4 Å². The summed E-state index contributed by atoms with van der Waals surface area (Å²) in [6.07, 6.45) is 9.49. The molecule has 0 aromatic heterocycles. The van der Waals surface area contributed by atoms with Crippen LogP contribution in [0.5, 0.6) is 0 Å². The van der Waals surface area contributed by atoms with Crippen molar-refractivity contribution in [3.63, 3.8) is 0 Å². The number of ether oxygens (including phenoxy) is 2. The van der Waals surface area contributed by atoms with Crippen LogP contribution < -0.4 is 0 Å². The second kappa shape index (κ2) is 5.38. The summed E-state index contributed by atoms with van der Waals surface area (Å²) >= 11 is 11.3. The Hall–Kier alpha value is -0.580. The minimum Gasteiger partial charge on any atom is -0.459 e. The molecule has 1 saturated heterocycles. The molecule has 0 unspecified atom stereocenters. The molecule has 0 N–H and O–H groups in total. The summed E-state index contributed by atoms with van der Waals surface area (Å²) in [6.45, 7) is 1.99. The maximum absolute atomic E-state index is 6.09. The van der Waals surface area contributed by atoms with E-state index >= 15 is 0 Å². The molecule has 17 heavy (non-hydrogen) atoms. The van der Waals surface area contributed by atoms with E-state index in [2.05, 4.69) is 4.90 Å².